The molecule has 19 heavy (non-hydrogen) atoms. The van der Waals surface area contributed by atoms with E-state index in [0.717, 1.165) is 12.1 Å². The van der Waals surface area contributed by atoms with E-state index >= 15 is 0 Å². The Kier molecular flexibility index (Phi) is 4.63. The molecule has 0 bridgehead atoms. The van der Waals surface area contributed by atoms with Gasteiger partial charge < -0.3 is 5.32 Å². The van der Waals surface area contributed by atoms with Crippen molar-refractivity contribution in [3.05, 3.63) is 65.7 Å². The largest absolute Gasteiger partial charge is 0.310 e. The van der Waals surface area contributed by atoms with Gasteiger partial charge in [-0.1, -0.05) is 26.0 Å². The summed E-state index contributed by atoms with van der Waals surface area (Å²) in [4.78, 5) is 4.05. The number of halogens is 1. The predicted molar refractivity (Wildman–Crippen MR) is 75.5 cm³/mol. The molecule has 0 radical (unpaired) electrons. The van der Waals surface area contributed by atoms with Gasteiger partial charge in [-0.2, -0.15) is 0 Å². The van der Waals surface area contributed by atoms with E-state index in [4.69, 9.17) is 0 Å². The van der Waals surface area contributed by atoms with E-state index < -0.39 is 0 Å². The molecule has 2 nitrogen and oxygen atoms in total. The van der Waals surface area contributed by atoms with Gasteiger partial charge in [0.1, 0.15) is 5.82 Å². The van der Waals surface area contributed by atoms with Crippen molar-refractivity contribution in [1.82, 2.24) is 10.3 Å². The number of nitrogens with one attached hydrogen (secondary N) is 1. The molecule has 0 saturated carbocycles. The third-order valence-corrected chi connectivity index (χ3v) is 3.39. The Balaban J connectivity index is 2.27. The van der Waals surface area contributed by atoms with Gasteiger partial charge in [0.25, 0.3) is 0 Å². The van der Waals surface area contributed by atoms with Crippen LogP contribution in [0.15, 0.2) is 48.8 Å². The van der Waals surface area contributed by atoms with E-state index in [1.807, 2.05) is 24.3 Å². The van der Waals surface area contributed by atoms with Crippen LogP contribution in [0.25, 0.3) is 0 Å². The molecule has 1 heterocycles. The highest BCUT2D eigenvalue weighted by molar-refractivity contribution is 5.26. The molecule has 2 aromatic rings. The van der Waals surface area contributed by atoms with Gasteiger partial charge in [-0.15, -0.1) is 0 Å². The van der Waals surface area contributed by atoms with Gasteiger partial charge in [0.05, 0.1) is 0 Å². The van der Waals surface area contributed by atoms with Crippen molar-refractivity contribution in [2.24, 2.45) is 0 Å². The molecule has 0 amide bonds. The van der Waals surface area contributed by atoms with Gasteiger partial charge >= 0.3 is 0 Å². The third kappa shape index (κ3) is 3.38. The zero-order valence-electron chi connectivity index (χ0n) is 11.3. The Labute approximate surface area is 113 Å². The number of benzene rings is 1. The number of pyridine rings is 1. The lowest BCUT2D eigenvalue weighted by Gasteiger charge is -2.25. The summed E-state index contributed by atoms with van der Waals surface area (Å²) >= 11 is 0. The van der Waals surface area contributed by atoms with Crippen molar-refractivity contribution in [1.29, 1.82) is 0 Å². The summed E-state index contributed by atoms with van der Waals surface area (Å²) in [5.41, 5.74) is 2.33. The zero-order chi connectivity index (χ0) is 13.7. The fourth-order valence-electron chi connectivity index (χ4n) is 2.33. The van der Waals surface area contributed by atoms with Crippen LogP contribution in [-0.4, -0.2) is 11.5 Å². The van der Waals surface area contributed by atoms with Crippen LogP contribution in [0.3, 0.4) is 0 Å². The summed E-state index contributed by atoms with van der Waals surface area (Å²) in [5.74, 6) is 0.101. The molecule has 0 aliphatic carbocycles. The van der Waals surface area contributed by atoms with Gasteiger partial charge in [0.15, 0.2) is 0 Å². The third-order valence-electron chi connectivity index (χ3n) is 3.39. The van der Waals surface area contributed by atoms with E-state index in [1.165, 1.54) is 17.7 Å². The normalized spacial score (nSPS) is 14.1. The van der Waals surface area contributed by atoms with Crippen LogP contribution in [0.4, 0.5) is 4.39 Å². The molecule has 0 aliphatic heterocycles. The summed E-state index contributed by atoms with van der Waals surface area (Å²) < 4.78 is 13.0. The van der Waals surface area contributed by atoms with Gasteiger partial charge in [0, 0.05) is 24.4 Å². The SMILES string of the molecule is CCNC(c1ccc(F)cc1)C(C)c1ccncc1. The Morgan fingerprint density at radius 2 is 1.68 bits per heavy atom. The molecule has 100 valence electrons. The molecule has 0 spiro atoms. The van der Waals surface area contributed by atoms with E-state index in [0.29, 0.717) is 5.92 Å². The van der Waals surface area contributed by atoms with Crippen molar-refractivity contribution in [3.8, 4) is 0 Å². The first-order chi connectivity index (χ1) is 9.22. The Morgan fingerprint density at radius 3 is 2.26 bits per heavy atom. The van der Waals surface area contributed by atoms with Gasteiger partial charge in [-0.25, -0.2) is 4.39 Å². The highest BCUT2D eigenvalue weighted by Crippen LogP contribution is 2.30. The summed E-state index contributed by atoms with van der Waals surface area (Å²) in [5, 5.41) is 3.47. The highest BCUT2D eigenvalue weighted by atomic mass is 19.1. The summed E-state index contributed by atoms with van der Waals surface area (Å²) in [6.45, 7) is 5.12. The molecule has 3 heteroatoms. The molecule has 0 aliphatic rings. The van der Waals surface area contributed by atoms with Gasteiger partial charge in [0.2, 0.25) is 0 Å². The minimum absolute atomic E-state index is 0.174. The molecular weight excluding hydrogens is 239 g/mol. The van der Waals surface area contributed by atoms with Crippen LogP contribution in [0, 0.1) is 5.82 Å². The fraction of sp³-hybridized carbons (Fsp3) is 0.312. The first kappa shape index (κ1) is 13.7. The quantitative estimate of drug-likeness (QED) is 0.885. The second kappa shape index (κ2) is 6.43. The second-order valence-electron chi connectivity index (χ2n) is 4.66. The average molecular weight is 258 g/mol. The molecule has 1 N–H and O–H groups in total. The smallest absolute Gasteiger partial charge is 0.123 e. The van der Waals surface area contributed by atoms with Crippen LogP contribution >= 0.6 is 0 Å². The fourth-order valence-corrected chi connectivity index (χ4v) is 2.33. The summed E-state index contributed by atoms with van der Waals surface area (Å²) in [6, 6.07) is 10.9. The molecule has 2 atom stereocenters. The van der Waals surface area contributed by atoms with Crippen molar-refractivity contribution in [2.45, 2.75) is 25.8 Å². The summed E-state index contributed by atoms with van der Waals surface area (Å²) in [6.07, 6.45) is 3.61. The van der Waals surface area contributed by atoms with E-state index in [1.54, 1.807) is 12.4 Å². The maximum Gasteiger partial charge on any atom is 0.123 e. The van der Waals surface area contributed by atoms with Crippen molar-refractivity contribution in [2.75, 3.05) is 6.54 Å². The minimum Gasteiger partial charge on any atom is -0.310 e. The topological polar surface area (TPSA) is 24.9 Å². The van der Waals surface area contributed by atoms with Crippen molar-refractivity contribution >= 4 is 0 Å². The average Bonchev–Trinajstić information content (AvgIpc) is 2.46. The number of hydrogen-bond acceptors (Lipinski definition) is 2. The monoisotopic (exact) mass is 258 g/mol. The predicted octanol–water partition coefficient (Wildman–Crippen LogP) is 3.68. The molecule has 1 aromatic carbocycles. The molecule has 2 unspecified atom stereocenters. The maximum atomic E-state index is 13.0. The van der Waals surface area contributed by atoms with Crippen LogP contribution < -0.4 is 5.32 Å². The first-order valence-electron chi connectivity index (χ1n) is 6.61. The van der Waals surface area contributed by atoms with Crippen LogP contribution in [0.5, 0.6) is 0 Å². The zero-order valence-corrected chi connectivity index (χ0v) is 11.3. The number of nitrogens with zero attached hydrogens (tertiary/aromatic N) is 1. The second-order valence-corrected chi connectivity index (χ2v) is 4.66. The highest BCUT2D eigenvalue weighted by Gasteiger charge is 2.19. The Bertz CT molecular complexity index is 496. The number of rotatable bonds is 5. The van der Waals surface area contributed by atoms with E-state index in [-0.39, 0.29) is 11.9 Å². The summed E-state index contributed by atoms with van der Waals surface area (Å²) in [7, 11) is 0. The van der Waals surface area contributed by atoms with E-state index in [2.05, 4.69) is 24.1 Å². The Hall–Kier alpha value is -1.74. The molecule has 2 rings (SSSR count). The van der Waals surface area contributed by atoms with Gasteiger partial charge in [-0.3, -0.25) is 4.98 Å². The van der Waals surface area contributed by atoms with Crippen LogP contribution in [0.1, 0.15) is 36.9 Å². The molecule has 1 aromatic heterocycles. The molecule has 0 fully saturated rings. The van der Waals surface area contributed by atoms with E-state index in [9.17, 15) is 4.39 Å². The number of likely N-dealkylation sites (N-methyl/N-ethyl adjacent to an activating group) is 1. The van der Waals surface area contributed by atoms with Crippen LogP contribution in [0.2, 0.25) is 0 Å². The first-order valence-corrected chi connectivity index (χ1v) is 6.61. The van der Waals surface area contributed by atoms with Crippen LogP contribution in [-0.2, 0) is 0 Å². The lowest BCUT2D eigenvalue weighted by molar-refractivity contribution is 0.478. The standard InChI is InChI=1S/C16H19FN2/c1-3-19-16(14-4-6-15(17)7-5-14)12(2)13-8-10-18-11-9-13/h4-12,16,19H,3H2,1-2H3. The number of aromatic nitrogens is 1. The molecular formula is C16H19FN2. The van der Waals surface area contributed by atoms with Crippen molar-refractivity contribution < 1.29 is 4.39 Å². The molecule has 0 saturated heterocycles. The van der Waals surface area contributed by atoms with Gasteiger partial charge in [-0.05, 0) is 41.9 Å². The van der Waals surface area contributed by atoms with Crippen molar-refractivity contribution in [3.63, 3.8) is 0 Å². The number of hydrogen-bond donors (Lipinski definition) is 1. The lowest BCUT2D eigenvalue weighted by Crippen LogP contribution is -2.25. The Morgan fingerprint density at radius 1 is 1.05 bits per heavy atom. The maximum absolute atomic E-state index is 13.0. The minimum atomic E-state index is -0.199. The lowest BCUT2D eigenvalue weighted by atomic mass is 9.89.